The molecule has 1 aromatic rings. The van der Waals surface area contributed by atoms with E-state index < -0.39 is 0 Å². The molecule has 2 rings (SSSR count). The fourth-order valence-corrected chi connectivity index (χ4v) is 2.30. The highest BCUT2D eigenvalue weighted by Crippen LogP contribution is 2.28. The molecule has 1 saturated heterocycles. The number of hydrogen-bond acceptors (Lipinski definition) is 2. The van der Waals surface area contributed by atoms with Gasteiger partial charge in [0.2, 0.25) is 0 Å². The lowest BCUT2D eigenvalue weighted by Gasteiger charge is -2.30. The van der Waals surface area contributed by atoms with Gasteiger partial charge < -0.3 is 5.32 Å². The van der Waals surface area contributed by atoms with Crippen LogP contribution in [-0.4, -0.2) is 19.4 Å². The van der Waals surface area contributed by atoms with Gasteiger partial charge >= 0.3 is 0 Å². The van der Waals surface area contributed by atoms with E-state index in [0.29, 0.717) is 11.8 Å². The summed E-state index contributed by atoms with van der Waals surface area (Å²) in [5, 5.41) is 3.41. The van der Waals surface area contributed by atoms with E-state index in [9.17, 15) is 4.79 Å². The Balaban J connectivity index is 2.23. The van der Waals surface area contributed by atoms with Crippen molar-refractivity contribution in [3.63, 3.8) is 0 Å². The summed E-state index contributed by atoms with van der Waals surface area (Å²) in [4.78, 5) is 10.7. The summed E-state index contributed by atoms with van der Waals surface area (Å²) in [7, 11) is 0. The molecule has 0 aromatic heterocycles. The van der Waals surface area contributed by atoms with Crippen LogP contribution in [0, 0.1) is 5.92 Å². The zero-order valence-corrected chi connectivity index (χ0v) is 9.07. The van der Waals surface area contributed by atoms with Gasteiger partial charge in [-0.2, -0.15) is 0 Å². The van der Waals surface area contributed by atoms with E-state index in [0.717, 1.165) is 24.9 Å². The molecule has 1 aliphatic heterocycles. The maximum atomic E-state index is 10.7. The van der Waals surface area contributed by atoms with E-state index in [-0.39, 0.29) is 0 Å². The van der Waals surface area contributed by atoms with Crippen LogP contribution >= 0.6 is 0 Å². The number of aldehydes is 1. The number of nitrogens with one attached hydrogen (secondary N) is 1. The highest BCUT2D eigenvalue weighted by Gasteiger charge is 2.22. The zero-order chi connectivity index (χ0) is 10.7. The molecular formula is C13H17NO. The zero-order valence-electron chi connectivity index (χ0n) is 9.07. The van der Waals surface area contributed by atoms with Crippen LogP contribution in [-0.2, 0) is 0 Å². The normalized spacial score (nSPS) is 26.2. The predicted molar refractivity (Wildman–Crippen MR) is 61.2 cm³/mol. The third kappa shape index (κ3) is 2.26. The Morgan fingerprint density at radius 2 is 2.33 bits per heavy atom. The van der Waals surface area contributed by atoms with Crippen LogP contribution in [0.4, 0.5) is 0 Å². The number of carbonyl (C=O) groups excluding carboxylic acids is 1. The summed E-state index contributed by atoms with van der Waals surface area (Å²) in [6.07, 6.45) is 2.14. The average molecular weight is 203 g/mol. The quantitative estimate of drug-likeness (QED) is 0.747. The number of hydrogen-bond donors (Lipinski definition) is 1. The lowest BCUT2D eigenvalue weighted by Crippen LogP contribution is -2.33. The van der Waals surface area contributed by atoms with Crippen LogP contribution in [0.5, 0.6) is 0 Å². The second kappa shape index (κ2) is 4.58. The average Bonchev–Trinajstić information content (AvgIpc) is 2.30. The number of rotatable bonds is 2. The first kappa shape index (κ1) is 10.4. The first-order valence-corrected chi connectivity index (χ1v) is 5.57. The number of piperidine rings is 1. The van der Waals surface area contributed by atoms with Gasteiger partial charge in [0.1, 0.15) is 6.29 Å². The molecule has 1 aromatic carbocycles. The summed E-state index contributed by atoms with van der Waals surface area (Å²) in [6.45, 7) is 4.44. The van der Waals surface area contributed by atoms with Gasteiger partial charge in [0, 0.05) is 12.1 Å². The van der Waals surface area contributed by atoms with Gasteiger partial charge in [-0.05, 0) is 36.4 Å². The van der Waals surface area contributed by atoms with Gasteiger partial charge in [0.15, 0.2) is 0 Å². The van der Waals surface area contributed by atoms with E-state index >= 15 is 0 Å². The Morgan fingerprint density at radius 3 is 3.07 bits per heavy atom. The first-order valence-electron chi connectivity index (χ1n) is 5.57. The monoisotopic (exact) mass is 203 g/mol. The minimum atomic E-state index is 0.554. The predicted octanol–water partition coefficient (Wildman–Crippen LogP) is 2.21. The van der Waals surface area contributed by atoms with Crippen molar-refractivity contribution in [3.8, 4) is 0 Å². The van der Waals surface area contributed by atoms with Crippen LogP contribution in [0.25, 0.3) is 0 Å². The van der Waals surface area contributed by atoms with E-state index in [1.807, 2.05) is 18.2 Å². The van der Waals surface area contributed by atoms with Crippen LogP contribution in [0.1, 0.15) is 35.2 Å². The Morgan fingerprint density at radius 1 is 1.47 bits per heavy atom. The van der Waals surface area contributed by atoms with Crippen molar-refractivity contribution >= 4 is 6.29 Å². The molecule has 0 radical (unpaired) electrons. The second-order valence-corrected chi connectivity index (χ2v) is 4.36. The van der Waals surface area contributed by atoms with Crippen molar-refractivity contribution in [1.29, 1.82) is 0 Å². The summed E-state index contributed by atoms with van der Waals surface area (Å²) in [5.74, 6) is 1.26. The third-order valence-corrected chi connectivity index (χ3v) is 3.30. The Bertz CT molecular complexity index is 348. The van der Waals surface area contributed by atoms with Crippen LogP contribution in [0.3, 0.4) is 0 Å². The van der Waals surface area contributed by atoms with E-state index in [4.69, 9.17) is 0 Å². The molecule has 2 nitrogen and oxygen atoms in total. The van der Waals surface area contributed by atoms with E-state index in [1.165, 1.54) is 12.0 Å². The minimum Gasteiger partial charge on any atom is -0.316 e. The maximum absolute atomic E-state index is 10.7. The molecule has 0 bridgehead atoms. The van der Waals surface area contributed by atoms with E-state index in [2.05, 4.69) is 18.3 Å². The van der Waals surface area contributed by atoms with Crippen molar-refractivity contribution < 1.29 is 4.79 Å². The van der Waals surface area contributed by atoms with Crippen molar-refractivity contribution in [3.05, 3.63) is 35.4 Å². The lowest BCUT2D eigenvalue weighted by molar-refractivity contribution is 0.112. The molecule has 1 aliphatic rings. The molecule has 0 saturated carbocycles. The molecule has 0 spiro atoms. The molecule has 2 atom stereocenters. The summed E-state index contributed by atoms with van der Waals surface area (Å²) < 4.78 is 0. The highest BCUT2D eigenvalue weighted by molar-refractivity contribution is 5.75. The van der Waals surface area contributed by atoms with Gasteiger partial charge in [-0.25, -0.2) is 0 Å². The molecule has 80 valence electrons. The van der Waals surface area contributed by atoms with Gasteiger partial charge in [-0.3, -0.25) is 4.79 Å². The Kier molecular flexibility index (Phi) is 3.17. The Labute approximate surface area is 90.7 Å². The molecule has 0 amide bonds. The third-order valence-electron chi connectivity index (χ3n) is 3.30. The smallest absolute Gasteiger partial charge is 0.150 e. The topological polar surface area (TPSA) is 29.1 Å². The minimum absolute atomic E-state index is 0.554. The molecule has 1 heterocycles. The standard InChI is InChI=1S/C13H17NO/c1-10-5-6-14-8-13(10)12-4-2-3-11(7-12)9-15/h2-4,7,9-10,13-14H,5-6,8H2,1H3. The van der Waals surface area contributed by atoms with Crippen molar-refractivity contribution in [1.82, 2.24) is 5.32 Å². The molecular weight excluding hydrogens is 186 g/mol. The van der Waals surface area contributed by atoms with Crippen LogP contribution in [0.2, 0.25) is 0 Å². The van der Waals surface area contributed by atoms with E-state index in [1.54, 1.807) is 0 Å². The molecule has 1 N–H and O–H groups in total. The molecule has 15 heavy (non-hydrogen) atoms. The molecule has 2 heteroatoms. The van der Waals surface area contributed by atoms with Gasteiger partial charge in [0.05, 0.1) is 0 Å². The summed E-state index contributed by atoms with van der Waals surface area (Å²) in [5.41, 5.74) is 2.07. The van der Waals surface area contributed by atoms with Crippen molar-refractivity contribution in [2.24, 2.45) is 5.92 Å². The van der Waals surface area contributed by atoms with Crippen LogP contribution < -0.4 is 5.32 Å². The summed E-state index contributed by atoms with van der Waals surface area (Å²) in [6, 6.07) is 7.97. The maximum Gasteiger partial charge on any atom is 0.150 e. The number of carbonyl (C=O) groups is 1. The fourth-order valence-electron chi connectivity index (χ4n) is 2.30. The van der Waals surface area contributed by atoms with Crippen LogP contribution in [0.15, 0.2) is 24.3 Å². The first-order chi connectivity index (χ1) is 7.31. The Hall–Kier alpha value is -1.15. The highest BCUT2D eigenvalue weighted by atomic mass is 16.1. The van der Waals surface area contributed by atoms with Gasteiger partial charge in [-0.1, -0.05) is 25.1 Å². The van der Waals surface area contributed by atoms with Crippen molar-refractivity contribution in [2.45, 2.75) is 19.3 Å². The molecule has 0 aliphatic carbocycles. The fraction of sp³-hybridized carbons (Fsp3) is 0.462. The lowest BCUT2D eigenvalue weighted by atomic mass is 9.82. The molecule has 2 unspecified atom stereocenters. The summed E-state index contributed by atoms with van der Waals surface area (Å²) >= 11 is 0. The second-order valence-electron chi connectivity index (χ2n) is 4.36. The molecule has 1 fully saturated rings. The largest absolute Gasteiger partial charge is 0.316 e. The van der Waals surface area contributed by atoms with Gasteiger partial charge in [0.25, 0.3) is 0 Å². The SMILES string of the molecule is CC1CCNCC1c1cccc(C=O)c1. The van der Waals surface area contributed by atoms with Gasteiger partial charge in [-0.15, -0.1) is 0 Å². The van der Waals surface area contributed by atoms with Crippen molar-refractivity contribution in [2.75, 3.05) is 13.1 Å². The number of benzene rings is 1.